The molecule has 0 atom stereocenters. The van der Waals surface area contributed by atoms with Crippen molar-refractivity contribution in [2.24, 2.45) is 0 Å². The van der Waals surface area contributed by atoms with E-state index in [0.717, 1.165) is 11.4 Å². The van der Waals surface area contributed by atoms with Gasteiger partial charge in [0.2, 0.25) is 0 Å². The zero-order valence-electron chi connectivity index (χ0n) is 6.46. The van der Waals surface area contributed by atoms with Gasteiger partial charge >= 0.3 is 0 Å². The summed E-state index contributed by atoms with van der Waals surface area (Å²) in [7, 11) is 1.90. The van der Waals surface area contributed by atoms with Crippen LogP contribution in [0.3, 0.4) is 0 Å². The Balaban J connectivity index is 2.83. The van der Waals surface area contributed by atoms with Crippen molar-refractivity contribution in [3.05, 3.63) is 24.3 Å². The van der Waals surface area contributed by atoms with Gasteiger partial charge in [-0.3, -0.25) is 0 Å². The molecule has 0 saturated carbocycles. The second-order valence-electron chi connectivity index (χ2n) is 2.13. The molecule has 0 unspecified atom stereocenters. The smallest absolute Gasteiger partial charge is 0.0582 e. The molecule has 0 fully saturated rings. The molecule has 0 radical (unpaired) electrons. The molecule has 0 heterocycles. The number of nitrogens with one attached hydrogen (secondary N) is 2. The van der Waals surface area contributed by atoms with E-state index < -0.39 is 0 Å². The quantitative estimate of drug-likeness (QED) is 0.475. The monoisotopic (exact) mass is 168 g/mol. The molecule has 1 rings (SSSR count). The van der Waals surface area contributed by atoms with Crippen LogP contribution in [0.1, 0.15) is 0 Å². The van der Waals surface area contributed by atoms with Crippen LogP contribution >= 0.6 is 12.6 Å². The summed E-state index contributed by atoms with van der Waals surface area (Å²) in [5.74, 6) is 0.651. The van der Waals surface area contributed by atoms with Gasteiger partial charge < -0.3 is 10.6 Å². The lowest BCUT2D eigenvalue weighted by molar-refractivity contribution is 1.43. The molecule has 0 saturated heterocycles. The Labute approximate surface area is 72.4 Å². The Hall–Kier alpha value is -0.830. The number of para-hydroxylation sites is 2. The van der Waals surface area contributed by atoms with E-state index in [2.05, 4.69) is 23.3 Å². The summed E-state index contributed by atoms with van der Waals surface area (Å²) in [5, 5.41) is 6.21. The Morgan fingerprint density at radius 2 is 1.91 bits per heavy atom. The van der Waals surface area contributed by atoms with Crippen LogP contribution < -0.4 is 10.6 Å². The highest BCUT2D eigenvalue weighted by Gasteiger charge is 1.94. The summed E-state index contributed by atoms with van der Waals surface area (Å²) in [6.45, 7) is 0. The van der Waals surface area contributed by atoms with Crippen molar-refractivity contribution < 1.29 is 0 Å². The molecule has 60 valence electrons. The van der Waals surface area contributed by atoms with Gasteiger partial charge in [-0.25, -0.2) is 0 Å². The summed E-state index contributed by atoms with van der Waals surface area (Å²) in [5.41, 5.74) is 2.19. The van der Waals surface area contributed by atoms with Crippen LogP contribution in [0.15, 0.2) is 24.3 Å². The van der Waals surface area contributed by atoms with Gasteiger partial charge in [-0.1, -0.05) is 12.1 Å². The maximum absolute atomic E-state index is 4.08. The van der Waals surface area contributed by atoms with Crippen LogP contribution in [-0.4, -0.2) is 12.9 Å². The van der Waals surface area contributed by atoms with E-state index in [1.54, 1.807) is 0 Å². The maximum atomic E-state index is 4.08. The lowest BCUT2D eigenvalue weighted by Gasteiger charge is -2.08. The molecule has 2 N–H and O–H groups in total. The van der Waals surface area contributed by atoms with Crippen LogP contribution in [0.4, 0.5) is 11.4 Å². The first-order valence-electron chi connectivity index (χ1n) is 3.50. The summed E-state index contributed by atoms with van der Waals surface area (Å²) in [6, 6.07) is 8.02. The molecule has 0 bridgehead atoms. The van der Waals surface area contributed by atoms with E-state index >= 15 is 0 Å². The summed E-state index contributed by atoms with van der Waals surface area (Å²) >= 11 is 4.08. The normalized spacial score (nSPS) is 9.27. The van der Waals surface area contributed by atoms with Crippen molar-refractivity contribution in [3.63, 3.8) is 0 Å². The largest absolute Gasteiger partial charge is 0.386 e. The number of hydrogen-bond donors (Lipinski definition) is 3. The Bertz CT molecular complexity index is 225. The predicted molar refractivity (Wildman–Crippen MR) is 53.5 cm³/mol. The maximum Gasteiger partial charge on any atom is 0.0582 e. The minimum Gasteiger partial charge on any atom is -0.386 e. The first-order valence-corrected chi connectivity index (χ1v) is 4.13. The molecule has 0 aromatic heterocycles. The molecule has 0 amide bonds. The minimum atomic E-state index is 0.651. The van der Waals surface area contributed by atoms with E-state index in [-0.39, 0.29) is 0 Å². The van der Waals surface area contributed by atoms with Crippen molar-refractivity contribution in [2.45, 2.75) is 0 Å². The molecule has 0 aliphatic rings. The molecule has 3 heteroatoms. The number of rotatable bonds is 3. The van der Waals surface area contributed by atoms with Crippen LogP contribution in [0.2, 0.25) is 0 Å². The first kappa shape index (κ1) is 8.27. The van der Waals surface area contributed by atoms with Gasteiger partial charge in [0.25, 0.3) is 0 Å². The van der Waals surface area contributed by atoms with Crippen molar-refractivity contribution in [2.75, 3.05) is 23.6 Å². The first-order chi connectivity index (χ1) is 5.38. The van der Waals surface area contributed by atoms with E-state index in [1.807, 2.05) is 31.3 Å². The topological polar surface area (TPSA) is 24.1 Å². The molecular weight excluding hydrogens is 156 g/mol. The van der Waals surface area contributed by atoms with E-state index in [1.165, 1.54) is 0 Å². The standard InChI is InChI=1S/C8H12N2S/c1-9-7-4-2-3-5-8(7)10-6-11/h2-5,9-11H,6H2,1H3. The van der Waals surface area contributed by atoms with Gasteiger partial charge in [-0.05, 0) is 12.1 Å². The van der Waals surface area contributed by atoms with Crippen LogP contribution in [0, 0.1) is 0 Å². The number of hydrogen-bond acceptors (Lipinski definition) is 3. The molecule has 11 heavy (non-hydrogen) atoms. The average molecular weight is 168 g/mol. The fraction of sp³-hybridized carbons (Fsp3) is 0.250. The van der Waals surface area contributed by atoms with Crippen LogP contribution in [0.25, 0.3) is 0 Å². The highest BCUT2D eigenvalue weighted by atomic mass is 32.1. The summed E-state index contributed by atoms with van der Waals surface area (Å²) in [6.07, 6.45) is 0. The second kappa shape index (κ2) is 4.13. The molecule has 1 aromatic rings. The molecule has 0 aliphatic carbocycles. The molecule has 2 nitrogen and oxygen atoms in total. The number of benzene rings is 1. The highest BCUT2D eigenvalue weighted by molar-refractivity contribution is 7.80. The third-order valence-electron chi connectivity index (χ3n) is 1.47. The highest BCUT2D eigenvalue weighted by Crippen LogP contribution is 2.19. The summed E-state index contributed by atoms with van der Waals surface area (Å²) in [4.78, 5) is 0. The third kappa shape index (κ3) is 2.05. The van der Waals surface area contributed by atoms with Crippen molar-refractivity contribution in [1.29, 1.82) is 0 Å². The van der Waals surface area contributed by atoms with E-state index in [9.17, 15) is 0 Å². The average Bonchev–Trinajstić information content (AvgIpc) is 2.06. The number of anilines is 2. The van der Waals surface area contributed by atoms with Gasteiger partial charge in [0.05, 0.1) is 17.3 Å². The Kier molecular flexibility index (Phi) is 3.11. The molecule has 0 aliphatic heterocycles. The lowest BCUT2D eigenvalue weighted by Crippen LogP contribution is -1.98. The fourth-order valence-corrected chi connectivity index (χ4v) is 1.11. The summed E-state index contributed by atoms with van der Waals surface area (Å²) < 4.78 is 0. The molecule has 0 spiro atoms. The zero-order valence-corrected chi connectivity index (χ0v) is 7.36. The van der Waals surface area contributed by atoms with Crippen molar-refractivity contribution in [1.82, 2.24) is 0 Å². The van der Waals surface area contributed by atoms with Crippen molar-refractivity contribution >= 4 is 24.0 Å². The predicted octanol–water partition coefficient (Wildman–Crippen LogP) is 2.03. The van der Waals surface area contributed by atoms with Gasteiger partial charge in [0.15, 0.2) is 0 Å². The SMILES string of the molecule is CNc1ccccc1NCS. The fourth-order valence-electron chi connectivity index (χ4n) is 0.940. The van der Waals surface area contributed by atoms with Gasteiger partial charge in [-0.15, -0.1) is 0 Å². The van der Waals surface area contributed by atoms with Gasteiger partial charge in [-0.2, -0.15) is 12.6 Å². The zero-order chi connectivity index (χ0) is 8.10. The number of thiol groups is 1. The third-order valence-corrected chi connectivity index (χ3v) is 1.62. The Morgan fingerprint density at radius 3 is 2.45 bits per heavy atom. The van der Waals surface area contributed by atoms with Crippen LogP contribution in [0.5, 0.6) is 0 Å². The molecule has 1 aromatic carbocycles. The van der Waals surface area contributed by atoms with E-state index in [0.29, 0.717) is 5.88 Å². The lowest BCUT2D eigenvalue weighted by atomic mass is 10.3. The second-order valence-corrected chi connectivity index (χ2v) is 2.45. The van der Waals surface area contributed by atoms with Crippen LogP contribution in [-0.2, 0) is 0 Å². The minimum absolute atomic E-state index is 0.651. The Morgan fingerprint density at radius 1 is 1.27 bits per heavy atom. The molecular formula is C8H12N2S. The van der Waals surface area contributed by atoms with E-state index in [4.69, 9.17) is 0 Å². The van der Waals surface area contributed by atoms with Crippen molar-refractivity contribution in [3.8, 4) is 0 Å². The van der Waals surface area contributed by atoms with Gasteiger partial charge in [0.1, 0.15) is 0 Å². The van der Waals surface area contributed by atoms with Gasteiger partial charge in [0, 0.05) is 7.05 Å².